The number of hydrogen-bond acceptors (Lipinski definition) is 4. The van der Waals surface area contributed by atoms with Gasteiger partial charge in [-0.2, -0.15) is 0 Å². The van der Waals surface area contributed by atoms with Gasteiger partial charge in [0.15, 0.2) is 9.84 Å². The number of hydrogen-bond donors (Lipinski definition) is 0. The highest BCUT2D eigenvalue weighted by Gasteiger charge is 2.49. The first kappa shape index (κ1) is 17.2. The molecule has 0 aromatic heterocycles. The molecule has 2 atom stereocenters. The van der Waals surface area contributed by atoms with E-state index in [1.807, 2.05) is 48.5 Å². The van der Waals surface area contributed by atoms with Crippen LogP contribution in [0.1, 0.15) is 5.56 Å². The molecule has 26 heavy (non-hydrogen) atoms. The summed E-state index contributed by atoms with van der Waals surface area (Å²) in [5.74, 6) is 0.144. The third-order valence-corrected chi connectivity index (χ3v) is 6.96. The summed E-state index contributed by atoms with van der Waals surface area (Å²) in [6, 6.07) is 19.0. The van der Waals surface area contributed by atoms with Gasteiger partial charge in [-0.05, 0) is 24.1 Å². The topological polar surface area (TPSA) is 57.7 Å². The van der Waals surface area contributed by atoms with Gasteiger partial charge in [-0.15, -0.1) is 0 Å². The van der Waals surface area contributed by atoms with Crippen molar-refractivity contribution >= 4 is 21.4 Å². The summed E-state index contributed by atoms with van der Waals surface area (Å²) in [7, 11) is -3.14. The van der Waals surface area contributed by atoms with Crippen molar-refractivity contribution in [2.45, 2.75) is 18.5 Å². The Hall–Kier alpha value is -2.18. The minimum atomic E-state index is -3.14. The largest absolute Gasteiger partial charge is 0.306 e. The first-order valence-electron chi connectivity index (χ1n) is 8.89. The second kappa shape index (κ2) is 6.85. The molecule has 0 saturated carbocycles. The van der Waals surface area contributed by atoms with Gasteiger partial charge in [0, 0.05) is 18.3 Å². The Balaban J connectivity index is 1.59. The van der Waals surface area contributed by atoms with Crippen LogP contribution in [0.3, 0.4) is 0 Å². The predicted octanol–water partition coefficient (Wildman–Crippen LogP) is 1.74. The van der Waals surface area contributed by atoms with Crippen LogP contribution in [0.25, 0.3) is 0 Å². The van der Waals surface area contributed by atoms with E-state index >= 15 is 0 Å². The molecular weight excluding hydrogens is 348 g/mol. The molecule has 4 rings (SSSR count). The smallest absolute Gasteiger partial charge is 0.241 e. The van der Waals surface area contributed by atoms with E-state index in [0.717, 1.165) is 12.1 Å². The molecule has 6 heteroatoms. The van der Waals surface area contributed by atoms with Crippen LogP contribution in [0.5, 0.6) is 0 Å². The lowest BCUT2D eigenvalue weighted by molar-refractivity contribution is -0.123. The number of piperazine rings is 1. The fraction of sp³-hybridized carbons (Fsp3) is 0.350. The SMILES string of the molecule is O=C1CN(CCc2ccccc2)[C@@H]2CS(=O)(=O)C[C@@H]2N1c1ccccc1. The quantitative estimate of drug-likeness (QED) is 0.823. The third kappa shape index (κ3) is 3.39. The van der Waals surface area contributed by atoms with E-state index in [0.29, 0.717) is 6.54 Å². The van der Waals surface area contributed by atoms with Crippen LogP contribution < -0.4 is 4.90 Å². The van der Waals surface area contributed by atoms with Crippen molar-refractivity contribution in [2.24, 2.45) is 0 Å². The third-order valence-electron chi connectivity index (χ3n) is 5.27. The first-order valence-corrected chi connectivity index (χ1v) is 10.7. The maximum Gasteiger partial charge on any atom is 0.241 e. The highest BCUT2D eigenvalue weighted by Crippen LogP contribution is 2.31. The molecule has 2 aliphatic heterocycles. The predicted molar refractivity (Wildman–Crippen MR) is 102 cm³/mol. The van der Waals surface area contributed by atoms with Crippen LogP contribution in [0.2, 0.25) is 0 Å². The zero-order chi connectivity index (χ0) is 18.1. The van der Waals surface area contributed by atoms with Crippen LogP contribution in [0, 0.1) is 0 Å². The maximum atomic E-state index is 12.9. The van der Waals surface area contributed by atoms with Crippen molar-refractivity contribution in [1.82, 2.24) is 4.90 Å². The molecule has 0 bridgehead atoms. The number of rotatable bonds is 4. The molecule has 0 unspecified atom stereocenters. The highest BCUT2D eigenvalue weighted by atomic mass is 32.2. The van der Waals surface area contributed by atoms with Crippen molar-refractivity contribution in [3.8, 4) is 0 Å². The van der Waals surface area contributed by atoms with Gasteiger partial charge in [-0.3, -0.25) is 9.69 Å². The fourth-order valence-corrected chi connectivity index (χ4v) is 6.03. The van der Waals surface area contributed by atoms with Crippen molar-refractivity contribution in [1.29, 1.82) is 0 Å². The lowest BCUT2D eigenvalue weighted by atomic mass is 10.0. The second-order valence-electron chi connectivity index (χ2n) is 7.02. The molecule has 2 aromatic carbocycles. The molecule has 2 fully saturated rings. The van der Waals surface area contributed by atoms with E-state index in [-0.39, 0.29) is 36.0 Å². The molecule has 0 spiro atoms. The van der Waals surface area contributed by atoms with Gasteiger partial charge < -0.3 is 4.90 Å². The van der Waals surface area contributed by atoms with E-state index in [1.54, 1.807) is 4.90 Å². The summed E-state index contributed by atoms with van der Waals surface area (Å²) in [5, 5.41) is 0. The number of fused-ring (bicyclic) bond motifs is 1. The van der Waals surface area contributed by atoms with E-state index in [4.69, 9.17) is 0 Å². The second-order valence-corrected chi connectivity index (χ2v) is 9.17. The summed E-state index contributed by atoms with van der Waals surface area (Å²) in [6.45, 7) is 0.952. The Morgan fingerprint density at radius 2 is 1.50 bits per heavy atom. The molecular formula is C20H22N2O3S. The number of benzene rings is 2. The summed E-state index contributed by atoms with van der Waals surface area (Å²) in [6.07, 6.45) is 0.808. The molecule has 0 radical (unpaired) electrons. The highest BCUT2D eigenvalue weighted by molar-refractivity contribution is 7.91. The lowest BCUT2D eigenvalue weighted by Gasteiger charge is -2.43. The molecule has 2 saturated heterocycles. The standard InChI is InChI=1S/C20H22N2O3S/c23-20-13-21(12-11-16-7-3-1-4-8-16)18-14-26(24,25)15-19(18)22(20)17-9-5-2-6-10-17/h1-10,18-19H,11-15H2/t18-,19+/m1/s1. The molecule has 0 N–H and O–H groups in total. The lowest BCUT2D eigenvalue weighted by Crippen LogP contribution is -2.62. The Bertz CT molecular complexity index is 884. The van der Waals surface area contributed by atoms with Gasteiger partial charge in [0.05, 0.1) is 24.1 Å². The van der Waals surface area contributed by atoms with Gasteiger partial charge in [0.25, 0.3) is 0 Å². The molecule has 2 aromatic rings. The van der Waals surface area contributed by atoms with Crippen LogP contribution >= 0.6 is 0 Å². The van der Waals surface area contributed by atoms with E-state index in [2.05, 4.69) is 17.0 Å². The zero-order valence-corrected chi connectivity index (χ0v) is 15.3. The van der Waals surface area contributed by atoms with Crippen molar-refractivity contribution in [2.75, 3.05) is 29.5 Å². The van der Waals surface area contributed by atoms with Gasteiger partial charge in [-0.1, -0.05) is 48.5 Å². The van der Waals surface area contributed by atoms with Crippen molar-refractivity contribution in [3.05, 3.63) is 66.2 Å². The van der Waals surface area contributed by atoms with Gasteiger partial charge in [0.1, 0.15) is 0 Å². The average Bonchev–Trinajstić information content (AvgIpc) is 2.96. The van der Waals surface area contributed by atoms with Crippen LogP contribution in [0.15, 0.2) is 60.7 Å². The van der Waals surface area contributed by atoms with E-state index in [1.165, 1.54) is 5.56 Å². The zero-order valence-electron chi connectivity index (χ0n) is 14.5. The summed E-state index contributed by atoms with van der Waals surface area (Å²) < 4.78 is 24.7. The summed E-state index contributed by atoms with van der Waals surface area (Å²) >= 11 is 0. The normalized spacial score (nSPS) is 25.2. The number of para-hydroxylation sites is 1. The van der Waals surface area contributed by atoms with Crippen molar-refractivity contribution in [3.63, 3.8) is 0 Å². The number of carbonyl (C=O) groups is 1. The summed E-state index contributed by atoms with van der Waals surface area (Å²) in [4.78, 5) is 16.6. The molecule has 136 valence electrons. The minimum absolute atomic E-state index is 0.0254. The molecule has 2 heterocycles. The number of sulfone groups is 1. The summed E-state index contributed by atoms with van der Waals surface area (Å²) in [5.41, 5.74) is 1.98. The fourth-order valence-electron chi connectivity index (χ4n) is 4.04. The van der Waals surface area contributed by atoms with E-state index in [9.17, 15) is 13.2 Å². The number of nitrogens with zero attached hydrogens (tertiary/aromatic N) is 2. The number of amides is 1. The molecule has 1 amide bonds. The molecule has 0 aliphatic carbocycles. The van der Waals surface area contributed by atoms with Gasteiger partial charge in [0.2, 0.25) is 5.91 Å². The minimum Gasteiger partial charge on any atom is -0.306 e. The molecule has 2 aliphatic rings. The van der Waals surface area contributed by atoms with Crippen molar-refractivity contribution < 1.29 is 13.2 Å². The number of anilines is 1. The monoisotopic (exact) mass is 370 g/mol. The number of carbonyl (C=O) groups excluding carboxylic acids is 1. The molecule has 5 nitrogen and oxygen atoms in total. The van der Waals surface area contributed by atoms with Crippen LogP contribution in [-0.4, -0.2) is 55.9 Å². The van der Waals surface area contributed by atoms with Crippen LogP contribution in [0.4, 0.5) is 5.69 Å². The first-order chi connectivity index (χ1) is 12.5. The van der Waals surface area contributed by atoms with Gasteiger partial charge in [-0.25, -0.2) is 8.42 Å². The Labute approximate surface area is 154 Å². The Morgan fingerprint density at radius 1 is 0.885 bits per heavy atom. The van der Waals surface area contributed by atoms with Crippen LogP contribution in [-0.2, 0) is 21.1 Å². The Morgan fingerprint density at radius 3 is 2.19 bits per heavy atom. The van der Waals surface area contributed by atoms with Gasteiger partial charge >= 0.3 is 0 Å². The van der Waals surface area contributed by atoms with E-state index < -0.39 is 9.84 Å². The average molecular weight is 370 g/mol. The maximum absolute atomic E-state index is 12.9. The Kier molecular flexibility index (Phi) is 4.54.